The number of nitrogens with one attached hydrogen (secondary N) is 1. The predicted molar refractivity (Wildman–Crippen MR) is 83.9 cm³/mol. The topological polar surface area (TPSA) is 43.4 Å². The highest BCUT2D eigenvalue weighted by atomic mass is 16.5. The molecule has 4 heteroatoms. The lowest BCUT2D eigenvalue weighted by atomic mass is 10.2. The number of pyridine rings is 1. The molecule has 1 N–H and O–H groups in total. The molecule has 1 heterocycles. The Morgan fingerprint density at radius 3 is 2.71 bits per heavy atom. The summed E-state index contributed by atoms with van der Waals surface area (Å²) in [5.74, 6) is 1.75. The van der Waals surface area contributed by atoms with E-state index in [1.807, 2.05) is 37.3 Å². The van der Waals surface area contributed by atoms with Gasteiger partial charge in [-0.15, -0.1) is 0 Å². The summed E-state index contributed by atoms with van der Waals surface area (Å²) < 4.78 is 10.9. The van der Waals surface area contributed by atoms with Crippen LogP contribution in [0.3, 0.4) is 0 Å². The fraction of sp³-hybridized carbons (Fsp3) is 0.353. The third-order valence-electron chi connectivity index (χ3n) is 3.06. The minimum absolute atomic E-state index is 0.631. The van der Waals surface area contributed by atoms with Crippen LogP contribution in [0, 0.1) is 13.8 Å². The summed E-state index contributed by atoms with van der Waals surface area (Å²) in [4.78, 5) is 4.47. The first-order valence-corrected chi connectivity index (χ1v) is 7.09. The van der Waals surface area contributed by atoms with Crippen molar-refractivity contribution in [1.82, 2.24) is 10.3 Å². The number of aryl methyl sites for hydroxylation is 2. The Hall–Kier alpha value is -2.07. The molecule has 0 aliphatic carbocycles. The second-order valence-electron chi connectivity index (χ2n) is 4.98. The van der Waals surface area contributed by atoms with E-state index in [0.717, 1.165) is 29.4 Å². The van der Waals surface area contributed by atoms with Crippen molar-refractivity contribution in [1.29, 1.82) is 0 Å². The first kappa shape index (κ1) is 15.3. The molecule has 0 aliphatic heterocycles. The van der Waals surface area contributed by atoms with Crippen LogP contribution in [-0.2, 0) is 6.54 Å². The Morgan fingerprint density at radius 1 is 1.10 bits per heavy atom. The Kier molecular flexibility index (Phi) is 5.58. The average molecular weight is 286 g/mol. The van der Waals surface area contributed by atoms with E-state index >= 15 is 0 Å². The summed E-state index contributed by atoms with van der Waals surface area (Å²) in [6.45, 7) is 6.13. The zero-order valence-electron chi connectivity index (χ0n) is 12.8. The number of hydrogen-bond acceptors (Lipinski definition) is 4. The van der Waals surface area contributed by atoms with E-state index in [9.17, 15) is 0 Å². The van der Waals surface area contributed by atoms with Crippen LogP contribution >= 0.6 is 0 Å². The van der Waals surface area contributed by atoms with Gasteiger partial charge in [-0.2, -0.15) is 0 Å². The third kappa shape index (κ3) is 5.08. The van der Waals surface area contributed by atoms with Gasteiger partial charge in [-0.25, -0.2) is 0 Å². The highest BCUT2D eigenvalue weighted by Crippen LogP contribution is 2.13. The first-order valence-electron chi connectivity index (χ1n) is 7.09. The summed E-state index contributed by atoms with van der Waals surface area (Å²) in [5, 5.41) is 3.32. The van der Waals surface area contributed by atoms with Gasteiger partial charge in [0.2, 0.25) is 0 Å². The van der Waals surface area contributed by atoms with E-state index in [0.29, 0.717) is 13.2 Å². The summed E-state index contributed by atoms with van der Waals surface area (Å²) in [7, 11) is 1.67. The molecule has 0 amide bonds. The van der Waals surface area contributed by atoms with Crippen molar-refractivity contribution in [2.45, 2.75) is 20.4 Å². The maximum absolute atomic E-state index is 5.69. The fourth-order valence-electron chi connectivity index (χ4n) is 2.07. The molecule has 0 fully saturated rings. The predicted octanol–water partition coefficient (Wildman–Crippen LogP) is 2.88. The van der Waals surface area contributed by atoms with Gasteiger partial charge in [0.1, 0.15) is 18.1 Å². The number of hydrogen-bond donors (Lipinski definition) is 1. The lowest BCUT2D eigenvalue weighted by Crippen LogP contribution is -2.21. The fourth-order valence-corrected chi connectivity index (χ4v) is 2.07. The number of aromatic nitrogens is 1. The number of nitrogens with zero attached hydrogens (tertiary/aromatic N) is 1. The van der Waals surface area contributed by atoms with Crippen LogP contribution in [0.4, 0.5) is 0 Å². The van der Waals surface area contributed by atoms with E-state index in [4.69, 9.17) is 9.47 Å². The van der Waals surface area contributed by atoms with Crippen LogP contribution in [0.2, 0.25) is 0 Å². The smallest absolute Gasteiger partial charge is 0.122 e. The molecule has 1 aromatic carbocycles. The van der Waals surface area contributed by atoms with Gasteiger partial charge in [-0.05, 0) is 31.5 Å². The Bertz CT molecular complexity index is 585. The van der Waals surface area contributed by atoms with E-state index in [1.165, 1.54) is 5.56 Å². The molecule has 21 heavy (non-hydrogen) atoms. The Morgan fingerprint density at radius 2 is 1.95 bits per heavy atom. The number of methoxy groups -OCH3 is 1. The van der Waals surface area contributed by atoms with Crippen LogP contribution in [0.5, 0.6) is 11.5 Å². The van der Waals surface area contributed by atoms with Crippen molar-refractivity contribution < 1.29 is 9.47 Å². The van der Waals surface area contributed by atoms with E-state index < -0.39 is 0 Å². The van der Waals surface area contributed by atoms with Crippen molar-refractivity contribution in [3.63, 3.8) is 0 Å². The van der Waals surface area contributed by atoms with Crippen LogP contribution < -0.4 is 14.8 Å². The molecule has 4 nitrogen and oxygen atoms in total. The molecule has 0 atom stereocenters. The standard InChI is InChI=1S/C17H22N2O2/c1-13-5-4-6-16(9-13)21-8-7-18-12-15-11-17(20-3)10-14(2)19-15/h4-6,9-11,18H,7-8,12H2,1-3H3. The summed E-state index contributed by atoms with van der Waals surface area (Å²) >= 11 is 0. The van der Waals surface area contributed by atoms with Gasteiger partial charge in [-0.1, -0.05) is 12.1 Å². The Balaban J connectivity index is 1.73. The van der Waals surface area contributed by atoms with Gasteiger partial charge >= 0.3 is 0 Å². The number of benzene rings is 1. The molecule has 0 saturated heterocycles. The zero-order valence-corrected chi connectivity index (χ0v) is 12.8. The maximum atomic E-state index is 5.69. The van der Waals surface area contributed by atoms with Crippen LogP contribution in [0.15, 0.2) is 36.4 Å². The van der Waals surface area contributed by atoms with E-state index in [2.05, 4.69) is 23.3 Å². The summed E-state index contributed by atoms with van der Waals surface area (Å²) in [6.07, 6.45) is 0. The van der Waals surface area contributed by atoms with Gasteiger partial charge in [0.15, 0.2) is 0 Å². The molecule has 0 unspecified atom stereocenters. The molecule has 2 rings (SSSR count). The zero-order chi connectivity index (χ0) is 15.1. The van der Waals surface area contributed by atoms with Crippen molar-refractivity contribution >= 4 is 0 Å². The van der Waals surface area contributed by atoms with Crippen molar-refractivity contribution in [2.75, 3.05) is 20.3 Å². The van der Waals surface area contributed by atoms with Gasteiger partial charge in [0.05, 0.1) is 12.8 Å². The Labute approximate surface area is 126 Å². The average Bonchev–Trinajstić information content (AvgIpc) is 2.46. The molecule has 1 aromatic heterocycles. The molecule has 112 valence electrons. The van der Waals surface area contributed by atoms with Crippen LogP contribution in [0.1, 0.15) is 17.0 Å². The summed E-state index contributed by atoms with van der Waals surface area (Å²) in [6, 6.07) is 11.9. The van der Waals surface area contributed by atoms with Crippen molar-refractivity contribution in [2.24, 2.45) is 0 Å². The molecule has 0 bridgehead atoms. The lowest BCUT2D eigenvalue weighted by molar-refractivity contribution is 0.313. The molecular formula is C17H22N2O2. The van der Waals surface area contributed by atoms with Crippen molar-refractivity contribution in [3.8, 4) is 11.5 Å². The van der Waals surface area contributed by atoms with Crippen LogP contribution in [0.25, 0.3) is 0 Å². The molecule has 0 spiro atoms. The third-order valence-corrected chi connectivity index (χ3v) is 3.06. The molecule has 0 radical (unpaired) electrons. The summed E-state index contributed by atoms with van der Waals surface area (Å²) in [5.41, 5.74) is 3.14. The van der Waals surface area contributed by atoms with Gasteiger partial charge < -0.3 is 14.8 Å². The quantitative estimate of drug-likeness (QED) is 0.795. The minimum Gasteiger partial charge on any atom is -0.497 e. The van der Waals surface area contributed by atoms with E-state index in [-0.39, 0.29) is 0 Å². The highest BCUT2D eigenvalue weighted by Gasteiger charge is 2.00. The van der Waals surface area contributed by atoms with E-state index in [1.54, 1.807) is 7.11 Å². The number of ether oxygens (including phenoxy) is 2. The SMILES string of the molecule is COc1cc(C)nc(CNCCOc2cccc(C)c2)c1. The molecule has 0 saturated carbocycles. The molecule has 2 aromatic rings. The van der Waals surface area contributed by atoms with Crippen molar-refractivity contribution in [3.05, 3.63) is 53.3 Å². The minimum atomic E-state index is 0.631. The normalized spacial score (nSPS) is 10.4. The molecule has 0 aliphatic rings. The highest BCUT2D eigenvalue weighted by molar-refractivity contribution is 5.27. The lowest BCUT2D eigenvalue weighted by Gasteiger charge is -2.09. The van der Waals surface area contributed by atoms with Crippen LogP contribution in [-0.4, -0.2) is 25.2 Å². The largest absolute Gasteiger partial charge is 0.497 e. The van der Waals surface area contributed by atoms with Gasteiger partial charge in [0, 0.05) is 30.9 Å². The second kappa shape index (κ2) is 7.64. The number of rotatable bonds is 7. The maximum Gasteiger partial charge on any atom is 0.122 e. The monoisotopic (exact) mass is 286 g/mol. The first-order chi connectivity index (χ1) is 10.2. The van der Waals surface area contributed by atoms with Gasteiger partial charge in [-0.3, -0.25) is 4.98 Å². The van der Waals surface area contributed by atoms with Gasteiger partial charge in [0.25, 0.3) is 0 Å². The molecular weight excluding hydrogens is 264 g/mol. The second-order valence-corrected chi connectivity index (χ2v) is 4.98.